The van der Waals surface area contributed by atoms with E-state index >= 15 is 0 Å². The van der Waals surface area contributed by atoms with Crippen LogP contribution in [0.25, 0.3) is 11.3 Å². The van der Waals surface area contributed by atoms with Crippen LogP contribution in [0, 0.1) is 0 Å². The van der Waals surface area contributed by atoms with Gasteiger partial charge in [-0.05, 0) is 6.07 Å². The van der Waals surface area contributed by atoms with Crippen LogP contribution < -0.4 is 11.1 Å². The predicted molar refractivity (Wildman–Crippen MR) is 75.7 cm³/mol. The number of rotatable bonds is 2. The molecule has 104 valence electrons. The summed E-state index contributed by atoms with van der Waals surface area (Å²) < 4.78 is 1.79. The average molecular weight is 312 g/mol. The number of nitrogens with one attached hydrogen (secondary N) is 1. The molecule has 3 rings (SSSR count). The summed E-state index contributed by atoms with van der Waals surface area (Å²) in [6.45, 7) is 2.04. The van der Waals surface area contributed by atoms with Gasteiger partial charge in [0.25, 0.3) is 5.91 Å². The SMILES string of the molecule is NC(=O)c1c(-c2cnc(Cl)c(Cl)c2)nn2c1CNCC2. The van der Waals surface area contributed by atoms with E-state index in [0.717, 1.165) is 12.2 Å². The first-order valence-corrected chi connectivity index (χ1v) is 6.75. The highest BCUT2D eigenvalue weighted by molar-refractivity contribution is 6.41. The van der Waals surface area contributed by atoms with E-state index in [1.54, 1.807) is 10.7 Å². The second-order valence-electron chi connectivity index (χ2n) is 4.43. The van der Waals surface area contributed by atoms with Crippen LogP contribution in [-0.2, 0) is 13.1 Å². The van der Waals surface area contributed by atoms with Crippen molar-refractivity contribution in [1.29, 1.82) is 0 Å². The normalized spacial score (nSPS) is 14.1. The van der Waals surface area contributed by atoms with Gasteiger partial charge in [0.05, 0.1) is 22.8 Å². The van der Waals surface area contributed by atoms with Gasteiger partial charge in [-0.3, -0.25) is 9.48 Å². The molecule has 0 radical (unpaired) electrons. The molecule has 0 unspecified atom stereocenters. The van der Waals surface area contributed by atoms with Crippen molar-refractivity contribution in [3.05, 3.63) is 33.7 Å². The number of fused-ring (bicyclic) bond motifs is 1. The highest BCUT2D eigenvalue weighted by Gasteiger charge is 2.25. The van der Waals surface area contributed by atoms with Crippen molar-refractivity contribution >= 4 is 29.1 Å². The minimum absolute atomic E-state index is 0.210. The van der Waals surface area contributed by atoms with Gasteiger partial charge in [-0.1, -0.05) is 23.2 Å². The van der Waals surface area contributed by atoms with Gasteiger partial charge in [0, 0.05) is 24.8 Å². The first kappa shape index (κ1) is 13.4. The Morgan fingerprint density at radius 2 is 2.25 bits per heavy atom. The highest BCUT2D eigenvalue weighted by Crippen LogP contribution is 2.30. The summed E-state index contributed by atoms with van der Waals surface area (Å²) in [6, 6.07) is 1.63. The van der Waals surface area contributed by atoms with Gasteiger partial charge in [0.2, 0.25) is 0 Å². The predicted octanol–water partition coefficient (Wildman–Crippen LogP) is 1.45. The van der Waals surface area contributed by atoms with Gasteiger partial charge in [-0.15, -0.1) is 0 Å². The maximum absolute atomic E-state index is 11.7. The Labute approximate surface area is 124 Å². The third kappa shape index (κ3) is 2.15. The van der Waals surface area contributed by atoms with Crippen molar-refractivity contribution in [2.75, 3.05) is 6.54 Å². The van der Waals surface area contributed by atoms with Crippen molar-refractivity contribution in [3.8, 4) is 11.3 Å². The molecule has 1 aliphatic rings. The number of carbonyl (C=O) groups is 1. The Morgan fingerprint density at radius 1 is 1.45 bits per heavy atom. The molecule has 0 aromatic carbocycles. The van der Waals surface area contributed by atoms with Crippen LogP contribution in [0.4, 0.5) is 0 Å². The Bertz CT molecular complexity index is 697. The topological polar surface area (TPSA) is 85.8 Å². The van der Waals surface area contributed by atoms with Gasteiger partial charge in [-0.2, -0.15) is 5.10 Å². The Kier molecular flexibility index (Phi) is 3.37. The van der Waals surface area contributed by atoms with Crippen LogP contribution in [-0.4, -0.2) is 27.2 Å². The Balaban J connectivity index is 2.19. The first-order valence-electron chi connectivity index (χ1n) is 5.99. The molecule has 0 saturated carbocycles. The minimum Gasteiger partial charge on any atom is -0.365 e. The summed E-state index contributed by atoms with van der Waals surface area (Å²) in [6.07, 6.45) is 1.53. The van der Waals surface area contributed by atoms with Crippen molar-refractivity contribution < 1.29 is 4.79 Å². The molecule has 0 saturated heterocycles. The molecule has 1 aliphatic heterocycles. The number of pyridine rings is 1. The zero-order chi connectivity index (χ0) is 14.3. The van der Waals surface area contributed by atoms with Crippen LogP contribution in [0.3, 0.4) is 0 Å². The summed E-state index contributed by atoms with van der Waals surface area (Å²) in [7, 11) is 0. The van der Waals surface area contributed by atoms with Crippen molar-refractivity contribution in [2.24, 2.45) is 5.73 Å². The van der Waals surface area contributed by atoms with Crippen molar-refractivity contribution in [1.82, 2.24) is 20.1 Å². The molecule has 0 spiro atoms. The van der Waals surface area contributed by atoms with E-state index in [1.807, 2.05) is 0 Å². The zero-order valence-corrected chi connectivity index (χ0v) is 11.9. The smallest absolute Gasteiger partial charge is 0.252 e. The maximum atomic E-state index is 11.7. The second kappa shape index (κ2) is 5.05. The fraction of sp³-hybridized carbons (Fsp3) is 0.250. The van der Waals surface area contributed by atoms with E-state index in [-0.39, 0.29) is 5.15 Å². The lowest BCUT2D eigenvalue weighted by molar-refractivity contribution is 0.0999. The molecule has 8 heteroatoms. The number of hydrogen-bond donors (Lipinski definition) is 2. The molecular weight excluding hydrogens is 301 g/mol. The van der Waals surface area contributed by atoms with Crippen LogP contribution in [0.2, 0.25) is 10.2 Å². The first-order chi connectivity index (χ1) is 9.58. The largest absolute Gasteiger partial charge is 0.365 e. The fourth-order valence-corrected chi connectivity index (χ4v) is 2.53. The molecule has 3 N–H and O–H groups in total. The quantitative estimate of drug-likeness (QED) is 0.822. The van der Waals surface area contributed by atoms with Gasteiger partial charge in [-0.25, -0.2) is 4.98 Å². The van der Waals surface area contributed by atoms with E-state index < -0.39 is 5.91 Å². The lowest BCUT2D eigenvalue weighted by Crippen LogP contribution is -2.30. The second-order valence-corrected chi connectivity index (χ2v) is 5.20. The number of primary amides is 1. The number of nitrogens with two attached hydrogens (primary N) is 1. The molecule has 0 bridgehead atoms. The number of hydrogen-bond acceptors (Lipinski definition) is 4. The van der Waals surface area contributed by atoms with Gasteiger partial charge in [0.1, 0.15) is 10.8 Å². The van der Waals surface area contributed by atoms with E-state index in [1.165, 1.54) is 6.20 Å². The number of amides is 1. The van der Waals surface area contributed by atoms with E-state index in [2.05, 4.69) is 15.4 Å². The summed E-state index contributed by atoms with van der Waals surface area (Å²) in [4.78, 5) is 15.7. The zero-order valence-electron chi connectivity index (χ0n) is 10.4. The number of halogens is 2. The standard InChI is InChI=1S/C12H11Cl2N5O/c13-7-3-6(4-17-11(7)14)10-9(12(15)20)8-5-16-1-2-19(8)18-10/h3-4,16H,1-2,5H2,(H2,15,20). The van der Waals surface area contributed by atoms with Gasteiger partial charge >= 0.3 is 0 Å². The van der Waals surface area contributed by atoms with E-state index in [9.17, 15) is 4.79 Å². The summed E-state index contributed by atoms with van der Waals surface area (Å²) >= 11 is 11.8. The van der Waals surface area contributed by atoms with Crippen LogP contribution in [0.1, 0.15) is 16.1 Å². The summed E-state index contributed by atoms with van der Waals surface area (Å²) in [5.41, 5.74) is 7.78. The third-order valence-corrected chi connectivity index (χ3v) is 3.85. The van der Waals surface area contributed by atoms with Gasteiger partial charge in [0.15, 0.2) is 0 Å². The van der Waals surface area contributed by atoms with Crippen LogP contribution in [0.15, 0.2) is 12.3 Å². The number of carbonyl (C=O) groups excluding carboxylic acids is 1. The fourth-order valence-electron chi connectivity index (χ4n) is 2.26. The minimum atomic E-state index is -0.518. The molecule has 2 aromatic rings. The molecule has 0 atom stereocenters. The van der Waals surface area contributed by atoms with Crippen LogP contribution in [0.5, 0.6) is 0 Å². The van der Waals surface area contributed by atoms with E-state index in [0.29, 0.717) is 34.9 Å². The molecule has 3 heterocycles. The Morgan fingerprint density at radius 3 is 2.95 bits per heavy atom. The molecular formula is C12H11Cl2N5O. The molecule has 20 heavy (non-hydrogen) atoms. The lowest BCUT2D eigenvalue weighted by atomic mass is 10.1. The lowest BCUT2D eigenvalue weighted by Gasteiger charge is -2.15. The molecule has 0 aliphatic carbocycles. The number of nitrogens with zero attached hydrogens (tertiary/aromatic N) is 3. The Hall–Kier alpha value is -1.63. The van der Waals surface area contributed by atoms with Crippen molar-refractivity contribution in [3.63, 3.8) is 0 Å². The average Bonchev–Trinajstić information content (AvgIpc) is 2.81. The molecule has 0 fully saturated rings. The molecule has 6 nitrogen and oxygen atoms in total. The molecule has 1 amide bonds. The highest BCUT2D eigenvalue weighted by atomic mass is 35.5. The number of aromatic nitrogens is 3. The monoisotopic (exact) mass is 311 g/mol. The summed E-state index contributed by atoms with van der Waals surface area (Å²) in [5, 5.41) is 8.16. The van der Waals surface area contributed by atoms with E-state index in [4.69, 9.17) is 28.9 Å². The maximum Gasteiger partial charge on any atom is 0.252 e. The van der Waals surface area contributed by atoms with Gasteiger partial charge < -0.3 is 11.1 Å². The van der Waals surface area contributed by atoms with Crippen molar-refractivity contribution in [2.45, 2.75) is 13.1 Å². The van der Waals surface area contributed by atoms with Crippen LogP contribution >= 0.6 is 23.2 Å². The summed E-state index contributed by atoms with van der Waals surface area (Å²) in [5.74, 6) is -0.518. The molecule has 2 aromatic heterocycles. The third-order valence-electron chi connectivity index (χ3n) is 3.17.